The largest absolute Gasteiger partial charge is 0.481 e. The quantitative estimate of drug-likeness (QED) is 0.752. The summed E-state index contributed by atoms with van der Waals surface area (Å²) in [5, 5.41) is 9.06. The molecule has 1 aliphatic rings. The number of hydrogen-bond acceptors (Lipinski definition) is 1. The van der Waals surface area contributed by atoms with Gasteiger partial charge in [0.2, 0.25) is 0 Å². The highest BCUT2D eigenvalue weighted by atomic mass is 16.4. The Hall–Kier alpha value is -0.530. The van der Waals surface area contributed by atoms with E-state index < -0.39 is 5.97 Å². The molecule has 3 atom stereocenters. The first-order valence-electron chi connectivity index (χ1n) is 5.91. The van der Waals surface area contributed by atoms with E-state index in [9.17, 15) is 4.79 Å². The normalized spacial score (nSPS) is 32.9. The highest BCUT2D eigenvalue weighted by Crippen LogP contribution is 2.37. The number of carbonyl (C=O) groups is 1. The number of carboxylic acid groups (broad SMARTS) is 1. The summed E-state index contributed by atoms with van der Waals surface area (Å²) < 4.78 is 0. The van der Waals surface area contributed by atoms with E-state index in [1.165, 1.54) is 12.8 Å². The third-order valence-corrected chi connectivity index (χ3v) is 3.63. The second kappa shape index (κ2) is 5.38. The Bertz CT molecular complexity index is 189. The monoisotopic (exact) mass is 198 g/mol. The molecule has 0 radical (unpaired) electrons. The molecule has 0 aliphatic heterocycles. The topological polar surface area (TPSA) is 37.3 Å². The fourth-order valence-electron chi connectivity index (χ4n) is 2.81. The third kappa shape index (κ3) is 2.73. The Labute approximate surface area is 86.7 Å². The van der Waals surface area contributed by atoms with Crippen molar-refractivity contribution in [2.45, 2.75) is 52.4 Å². The van der Waals surface area contributed by atoms with Crippen LogP contribution >= 0.6 is 0 Å². The van der Waals surface area contributed by atoms with Crippen LogP contribution in [-0.2, 0) is 4.79 Å². The first-order valence-corrected chi connectivity index (χ1v) is 5.91. The molecule has 3 unspecified atom stereocenters. The molecule has 0 amide bonds. The van der Waals surface area contributed by atoms with Crippen LogP contribution in [0.3, 0.4) is 0 Å². The molecule has 0 aromatic carbocycles. The molecular formula is C12H22O2. The lowest BCUT2D eigenvalue weighted by atomic mass is 9.72. The Balaban J connectivity index is 2.50. The highest BCUT2D eigenvalue weighted by Gasteiger charge is 2.33. The lowest BCUT2D eigenvalue weighted by molar-refractivity contribution is -0.145. The molecule has 0 bridgehead atoms. The van der Waals surface area contributed by atoms with Crippen LogP contribution in [0.25, 0.3) is 0 Å². The lowest BCUT2D eigenvalue weighted by Gasteiger charge is -2.33. The van der Waals surface area contributed by atoms with E-state index in [4.69, 9.17) is 5.11 Å². The average Bonchev–Trinajstić information content (AvgIpc) is 2.17. The summed E-state index contributed by atoms with van der Waals surface area (Å²) in [6, 6.07) is 0. The van der Waals surface area contributed by atoms with Gasteiger partial charge in [0.25, 0.3) is 0 Å². The molecule has 0 aromatic heterocycles. The summed E-state index contributed by atoms with van der Waals surface area (Å²) >= 11 is 0. The van der Waals surface area contributed by atoms with E-state index in [1.807, 2.05) is 0 Å². The van der Waals surface area contributed by atoms with Crippen molar-refractivity contribution in [1.29, 1.82) is 0 Å². The van der Waals surface area contributed by atoms with Crippen LogP contribution in [-0.4, -0.2) is 11.1 Å². The van der Waals surface area contributed by atoms with Gasteiger partial charge in [-0.1, -0.05) is 33.1 Å². The summed E-state index contributed by atoms with van der Waals surface area (Å²) in [4.78, 5) is 11.0. The minimum absolute atomic E-state index is 0.0619. The second-order valence-corrected chi connectivity index (χ2v) is 4.58. The SMILES string of the molecule is CCCC1CCC(C(=O)O)C(CC)C1. The summed E-state index contributed by atoms with van der Waals surface area (Å²) in [6.07, 6.45) is 6.71. The van der Waals surface area contributed by atoms with Crippen LogP contribution in [0.1, 0.15) is 52.4 Å². The molecule has 1 saturated carbocycles. The van der Waals surface area contributed by atoms with E-state index in [1.54, 1.807) is 0 Å². The third-order valence-electron chi connectivity index (χ3n) is 3.63. The molecule has 0 heterocycles. The maximum Gasteiger partial charge on any atom is 0.306 e. The molecule has 0 saturated heterocycles. The van der Waals surface area contributed by atoms with Crippen molar-refractivity contribution in [1.82, 2.24) is 0 Å². The van der Waals surface area contributed by atoms with Gasteiger partial charge in [0.15, 0.2) is 0 Å². The first-order chi connectivity index (χ1) is 6.69. The van der Waals surface area contributed by atoms with Crippen LogP contribution in [0, 0.1) is 17.8 Å². The smallest absolute Gasteiger partial charge is 0.306 e. The molecule has 0 aromatic rings. The zero-order valence-electron chi connectivity index (χ0n) is 9.33. The van der Waals surface area contributed by atoms with Crippen molar-refractivity contribution in [3.8, 4) is 0 Å². The van der Waals surface area contributed by atoms with Gasteiger partial charge in [-0.05, 0) is 31.1 Å². The minimum Gasteiger partial charge on any atom is -0.481 e. The van der Waals surface area contributed by atoms with Gasteiger partial charge >= 0.3 is 5.97 Å². The number of hydrogen-bond donors (Lipinski definition) is 1. The van der Waals surface area contributed by atoms with Crippen molar-refractivity contribution >= 4 is 5.97 Å². The van der Waals surface area contributed by atoms with Crippen LogP contribution < -0.4 is 0 Å². The highest BCUT2D eigenvalue weighted by molar-refractivity contribution is 5.70. The van der Waals surface area contributed by atoms with Gasteiger partial charge in [0.05, 0.1) is 5.92 Å². The van der Waals surface area contributed by atoms with Gasteiger partial charge in [-0.3, -0.25) is 4.79 Å². The van der Waals surface area contributed by atoms with E-state index in [0.29, 0.717) is 5.92 Å². The second-order valence-electron chi connectivity index (χ2n) is 4.58. The molecule has 1 aliphatic carbocycles. The Kier molecular flexibility index (Phi) is 4.43. The predicted octanol–water partition coefficient (Wildman–Crippen LogP) is 3.31. The summed E-state index contributed by atoms with van der Waals surface area (Å²) in [7, 11) is 0. The van der Waals surface area contributed by atoms with Crippen LogP contribution in [0.5, 0.6) is 0 Å². The van der Waals surface area contributed by atoms with Gasteiger partial charge in [-0.15, -0.1) is 0 Å². The molecule has 1 N–H and O–H groups in total. The average molecular weight is 198 g/mol. The van der Waals surface area contributed by atoms with Crippen molar-refractivity contribution < 1.29 is 9.90 Å². The summed E-state index contributed by atoms with van der Waals surface area (Å²) in [5.74, 6) is 0.582. The van der Waals surface area contributed by atoms with Crippen molar-refractivity contribution in [3.63, 3.8) is 0 Å². The Morgan fingerprint density at radius 3 is 2.57 bits per heavy atom. The van der Waals surface area contributed by atoms with Crippen LogP contribution in [0.2, 0.25) is 0 Å². The standard InChI is InChI=1S/C12H22O2/c1-3-5-9-6-7-11(12(13)14)10(4-2)8-9/h9-11H,3-8H2,1-2H3,(H,13,14). The number of aliphatic carboxylic acids is 1. The minimum atomic E-state index is -0.577. The van der Waals surface area contributed by atoms with Crippen molar-refractivity contribution in [3.05, 3.63) is 0 Å². The Morgan fingerprint density at radius 2 is 2.07 bits per heavy atom. The summed E-state index contributed by atoms with van der Waals surface area (Å²) in [6.45, 7) is 4.33. The Morgan fingerprint density at radius 1 is 1.36 bits per heavy atom. The number of rotatable bonds is 4. The fourth-order valence-corrected chi connectivity index (χ4v) is 2.81. The van der Waals surface area contributed by atoms with E-state index in [0.717, 1.165) is 31.6 Å². The zero-order chi connectivity index (χ0) is 10.6. The van der Waals surface area contributed by atoms with E-state index >= 15 is 0 Å². The van der Waals surface area contributed by atoms with Crippen LogP contribution in [0.4, 0.5) is 0 Å². The van der Waals surface area contributed by atoms with Crippen molar-refractivity contribution in [2.75, 3.05) is 0 Å². The van der Waals surface area contributed by atoms with Crippen LogP contribution in [0.15, 0.2) is 0 Å². The molecule has 14 heavy (non-hydrogen) atoms. The molecule has 82 valence electrons. The lowest BCUT2D eigenvalue weighted by Crippen LogP contribution is -2.30. The van der Waals surface area contributed by atoms with Gasteiger partial charge in [0, 0.05) is 0 Å². The molecule has 2 nitrogen and oxygen atoms in total. The summed E-state index contributed by atoms with van der Waals surface area (Å²) in [5.41, 5.74) is 0. The van der Waals surface area contributed by atoms with E-state index in [2.05, 4.69) is 13.8 Å². The zero-order valence-corrected chi connectivity index (χ0v) is 9.33. The molecular weight excluding hydrogens is 176 g/mol. The van der Waals surface area contributed by atoms with E-state index in [-0.39, 0.29) is 5.92 Å². The van der Waals surface area contributed by atoms with Crippen molar-refractivity contribution in [2.24, 2.45) is 17.8 Å². The molecule has 2 heteroatoms. The maximum absolute atomic E-state index is 11.0. The van der Waals surface area contributed by atoms with Gasteiger partial charge in [-0.2, -0.15) is 0 Å². The van der Waals surface area contributed by atoms with Gasteiger partial charge in [-0.25, -0.2) is 0 Å². The predicted molar refractivity (Wildman–Crippen MR) is 57.2 cm³/mol. The maximum atomic E-state index is 11.0. The number of carboxylic acids is 1. The first kappa shape index (κ1) is 11.5. The molecule has 1 rings (SSSR count). The van der Waals surface area contributed by atoms with Gasteiger partial charge in [0.1, 0.15) is 0 Å². The molecule has 0 spiro atoms. The molecule has 1 fully saturated rings. The van der Waals surface area contributed by atoms with Gasteiger partial charge < -0.3 is 5.11 Å². The fraction of sp³-hybridized carbons (Fsp3) is 0.917.